The first-order chi connectivity index (χ1) is 12.7. The average Bonchev–Trinajstić information content (AvgIpc) is 3.08. The number of rotatable bonds is 4. The van der Waals surface area contributed by atoms with E-state index in [4.69, 9.17) is 21.1 Å². The van der Waals surface area contributed by atoms with E-state index in [-0.39, 0.29) is 12.2 Å². The third-order valence-corrected chi connectivity index (χ3v) is 4.63. The van der Waals surface area contributed by atoms with Gasteiger partial charge in [0.15, 0.2) is 17.0 Å². The van der Waals surface area contributed by atoms with Crippen LogP contribution in [0.3, 0.4) is 0 Å². The minimum atomic E-state index is -0.350. The van der Waals surface area contributed by atoms with Crippen molar-refractivity contribution in [1.82, 2.24) is 19.5 Å². The van der Waals surface area contributed by atoms with Gasteiger partial charge < -0.3 is 19.9 Å². The van der Waals surface area contributed by atoms with Gasteiger partial charge in [-0.1, -0.05) is 11.6 Å². The summed E-state index contributed by atoms with van der Waals surface area (Å²) in [6, 6.07) is 4.87. The molecule has 0 radical (unpaired) electrons. The minimum Gasteiger partial charge on any atom is -0.497 e. The molecule has 1 atom stereocenters. The van der Waals surface area contributed by atoms with E-state index in [0.29, 0.717) is 40.0 Å². The zero-order valence-corrected chi connectivity index (χ0v) is 14.9. The molecule has 3 heterocycles. The highest BCUT2D eigenvalue weighted by Gasteiger charge is 2.21. The average molecular weight is 376 g/mol. The zero-order chi connectivity index (χ0) is 18.1. The van der Waals surface area contributed by atoms with Crippen LogP contribution in [-0.4, -0.2) is 38.3 Å². The Morgan fingerprint density at radius 3 is 3.00 bits per heavy atom. The lowest BCUT2D eigenvalue weighted by molar-refractivity contribution is -0.0298. The van der Waals surface area contributed by atoms with Crippen molar-refractivity contribution in [2.75, 3.05) is 19.0 Å². The molecule has 2 N–H and O–H groups in total. The van der Waals surface area contributed by atoms with Gasteiger partial charge in [-0.15, -0.1) is 0 Å². The van der Waals surface area contributed by atoms with Gasteiger partial charge in [0.25, 0.3) is 0 Å². The van der Waals surface area contributed by atoms with Crippen LogP contribution in [0.5, 0.6) is 11.8 Å². The molecule has 2 aromatic heterocycles. The van der Waals surface area contributed by atoms with Crippen molar-refractivity contribution in [2.24, 2.45) is 0 Å². The lowest BCUT2D eigenvalue weighted by atomic mass is 10.2. The van der Waals surface area contributed by atoms with Gasteiger partial charge in [0.05, 0.1) is 24.1 Å². The molecule has 1 saturated heterocycles. The van der Waals surface area contributed by atoms with Gasteiger partial charge in [-0.25, -0.2) is 4.98 Å². The molecule has 26 heavy (non-hydrogen) atoms. The van der Waals surface area contributed by atoms with Crippen LogP contribution in [0.1, 0.15) is 25.5 Å². The van der Waals surface area contributed by atoms with E-state index in [1.807, 2.05) is 4.57 Å². The van der Waals surface area contributed by atoms with Crippen LogP contribution in [0, 0.1) is 0 Å². The molecule has 0 aliphatic carbocycles. The highest BCUT2D eigenvalue weighted by Crippen LogP contribution is 2.33. The molecule has 8 nitrogen and oxygen atoms in total. The van der Waals surface area contributed by atoms with Crippen LogP contribution in [0.2, 0.25) is 5.02 Å². The standard InChI is InChI=1S/C17H18ClN5O3/c1-25-10-5-6-11(18)12(8-10)20-15-14-16(22-17(24)21-15)23(9-19-14)13-4-2-3-7-26-13/h5-6,8-9,13H,2-4,7H2,1H3,(H2,20,21,22,24). The molecule has 9 heteroatoms. The number of aromatic hydroxyl groups is 1. The van der Waals surface area contributed by atoms with Crippen LogP contribution in [0.25, 0.3) is 11.2 Å². The number of hydrogen-bond donors (Lipinski definition) is 2. The van der Waals surface area contributed by atoms with Crippen molar-refractivity contribution in [1.29, 1.82) is 0 Å². The normalized spacial score (nSPS) is 17.4. The molecule has 1 fully saturated rings. The van der Waals surface area contributed by atoms with Crippen molar-refractivity contribution >= 4 is 34.3 Å². The molecule has 1 aromatic carbocycles. The predicted octanol–water partition coefficient (Wildman–Crippen LogP) is 3.64. The lowest BCUT2D eigenvalue weighted by Crippen LogP contribution is -2.17. The molecule has 1 unspecified atom stereocenters. The number of halogens is 1. The molecule has 3 aromatic rings. The van der Waals surface area contributed by atoms with Gasteiger partial charge in [-0.05, 0) is 31.4 Å². The number of imidazole rings is 1. The number of methoxy groups -OCH3 is 1. The summed E-state index contributed by atoms with van der Waals surface area (Å²) in [5.74, 6) is 1.00. The maximum absolute atomic E-state index is 10.00. The molecular weight excluding hydrogens is 358 g/mol. The van der Waals surface area contributed by atoms with E-state index < -0.39 is 0 Å². The summed E-state index contributed by atoms with van der Waals surface area (Å²) >= 11 is 6.25. The van der Waals surface area contributed by atoms with E-state index in [9.17, 15) is 5.11 Å². The molecule has 0 spiro atoms. The second-order valence-corrected chi connectivity index (χ2v) is 6.40. The second kappa shape index (κ2) is 6.97. The summed E-state index contributed by atoms with van der Waals surface area (Å²) in [5.41, 5.74) is 1.62. The fourth-order valence-electron chi connectivity index (χ4n) is 3.00. The Morgan fingerprint density at radius 2 is 2.23 bits per heavy atom. The smallest absolute Gasteiger partial charge is 0.318 e. The Labute approximate surface area is 154 Å². The van der Waals surface area contributed by atoms with Crippen LogP contribution >= 0.6 is 11.6 Å². The van der Waals surface area contributed by atoms with E-state index in [1.54, 1.807) is 31.6 Å². The molecule has 136 valence electrons. The van der Waals surface area contributed by atoms with Gasteiger partial charge >= 0.3 is 6.01 Å². The van der Waals surface area contributed by atoms with E-state index in [2.05, 4.69) is 20.3 Å². The van der Waals surface area contributed by atoms with Crippen LogP contribution in [0.15, 0.2) is 24.5 Å². The highest BCUT2D eigenvalue weighted by molar-refractivity contribution is 6.33. The van der Waals surface area contributed by atoms with Crippen molar-refractivity contribution in [3.8, 4) is 11.8 Å². The van der Waals surface area contributed by atoms with Crippen LogP contribution in [0.4, 0.5) is 11.5 Å². The summed E-state index contributed by atoms with van der Waals surface area (Å²) in [6.45, 7) is 0.700. The fraction of sp³-hybridized carbons (Fsp3) is 0.353. The number of hydrogen-bond acceptors (Lipinski definition) is 7. The number of anilines is 2. The maximum atomic E-state index is 10.00. The lowest BCUT2D eigenvalue weighted by Gasteiger charge is -2.23. The Bertz CT molecular complexity index is 940. The molecule has 4 rings (SSSR count). The number of fused-ring (bicyclic) bond motifs is 1. The predicted molar refractivity (Wildman–Crippen MR) is 97.1 cm³/mol. The Kier molecular flexibility index (Phi) is 4.52. The maximum Gasteiger partial charge on any atom is 0.318 e. The highest BCUT2D eigenvalue weighted by atomic mass is 35.5. The summed E-state index contributed by atoms with van der Waals surface area (Å²) < 4.78 is 12.9. The monoisotopic (exact) mass is 375 g/mol. The Morgan fingerprint density at radius 1 is 1.35 bits per heavy atom. The van der Waals surface area contributed by atoms with Crippen molar-refractivity contribution < 1.29 is 14.6 Å². The topological polar surface area (TPSA) is 94.3 Å². The number of nitrogens with zero attached hydrogens (tertiary/aromatic N) is 4. The molecule has 1 aliphatic rings. The van der Waals surface area contributed by atoms with E-state index in [1.165, 1.54) is 0 Å². The fourth-order valence-corrected chi connectivity index (χ4v) is 3.17. The molecule has 0 saturated carbocycles. The zero-order valence-electron chi connectivity index (χ0n) is 14.1. The van der Waals surface area contributed by atoms with Crippen LogP contribution in [-0.2, 0) is 4.74 Å². The molecular formula is C17H18ClN5O3. The summed E-state index contributed by atoms with van der Waals surface area (Å²) in [5, 5.41) is 13.6. The number of aromatic nitrogens is 4. The Hall–Kier alpha value is -2.58. The van der Waals surface area contributed by atoms with E-state index in [0.717, 1.165) is 19.3 Å². The molecule has 0 amide bonds. The Balaban J connectivity index is 1.75. The van der Waals surface area contributed by atoms with Crippen molar-refractivity contribution in [3.05, 3.63) is 29.5 Å². The third-order valence-electron chi connectivity index (χ3n) is 4.30. The van der Waals surface area contributed by atoms with Gasteiger partial charge in [0.1, 0.15) is 12.0 Å². The summed E-state index contributed by atoms with van der Waals surface area (Å²) in [4.78, 5) is 12.6. The summed E-state index contributed by atoms with van der Waals surface area (Å²) in [6.07, 6.45) is 4.51. The van der Waals surface area contributed by atoms with Gasteiger partial charge in [0.2, 0.25) is 0 Å². The third kappa shape index (κ3) is 3.13. The number of nitrogens with one attached hydrogen (secondary N) is 1. The largest absolute Gasteiger partial charge is 0.497 e. The van der Waals surface area contributed by atoms with Gasteiger partial charge in [0, 0.05) is 12.7 Å². The number of ether oxygens (including phenoxy) is 2. The first-order valence-electron chi connectivity index (χ1n) is 8.31. The number of benzene rings is 1. The SMILES string of the molecule is COc1ccc(Cl)c(Nc2nc(O)nc3c2ncn3C2CCCCO2)c1. The van der Waals surface area contributed by atoms with Gasteiger partial charge in [-0.2, -0.15) is 9.97 Å². The van der Waals surface area contributed by atoms with E-state index >= 15 is 0 Å². The summed E-state index contributed by atoms with van der Waals surface area (Å²) in [7, 11) is 1.58. The quantitative estimate of drug-likeness (QED) is 0.718. The first-order valence-corrected chi connectivity index (χ1v) is 8.69. The second-order valence-electron chi connectivity index (χ2n) is 5.99. The minimum absolute atomic E-state index is 0.142. The first kappa shape index (κ1) is 16.9. The van der Waals surface area contributed by atoms with Crippen molar-refractivity contribution in [3.63, 3.8) is 0 Å². The molecule has 1 aliphatic heterocycles. The van der Waals surface area contributed by atoms with Gasteiger partial charge in [-0.3, -0.25) is 4.57 Å². The van der Waals surface area contributed by atoms with Crippen molar-refractivity contribution in [2.45, 2.75) is 25.5 Å². The van der Waals surface area contributed by atoms with Crippen LogP contribution < -0.4 is 10.1 Å². The molecule has 0 bridgehead atoms.